The van der Waals surface area contributed by atoms with Crippen LogP contribution in [0, 0.1) is 0 Å². The lowest BCUT2D eigenvalue weighted by Gasteiger charge is -2.37. The monoisotopic (exact) mass is 358 g/mol. The van der Waals surface area contributed by atoms with Crippen LogP contribution in [0.1, 0.15) is 31.1 Å². The quantitative estimate of drug-likeness (QED) is 0.753. The number of piperazine rings is 1. The first-order valence-corrected chi connectivity index (χ1v) is 8.14. The van der Waals surface area contributed by atoms with E-state index in [1.54, 1.807) is 17.0 Å². The van der Waals surface area contributed by atoms with Gasteiger partial charge in [0, 0.05) is 37.4 Å². The number of carbonyl (C=O) groups excluding carboxylic acids is 2. The minimum atomic E-state index is -0.511. The van der Waals surface area contributed by atoms with E-state index in [4.69, 9.17) is 27.9 Å². The largest absolute Gasteiger partial charge is 0.444 e. The number of anilines is 1. The Labute approximate surface area is 146 Å². The minimum absolute atomic E-state index is 0.318. The molecule has 0 radical (unpaired) electrons. The zero-order valence-corrected chi connectivity index (χ0v) is 14.9. The maximum atomic E-state index is 12.1. The summed E-state index contributed by atoms with van der Waals surface area (Å²) in [5.74, 6) is 0. The van der Waals surface area contributed by atoms with Crippen LogP contribution in [0.3, 0.4) is 0 Å². The molecule has 0 unspecified atom stereocenters. The van der Waals surface area contributed by atoms with Gasteiger partial charge in [-0.3, -0.25) is 4.79 Å². The number of halogens is 2. The molecule has 7 heteroatoms. The van der Waals surface area contributed by atoms with Crippen molar-refractivity contribution in [3.05, 3.63) is 27.7 Å². The Morgan fingerprint density at radius 2 is 1.70 bits per heavy atom. The number of aldehydes is 1. The number of nitrogens with zero attached hydrogens (tertiary/aromatic N) is 2. The molecule has 0 saturated carbocycles. The van der Waals surface area contributed by atoms with Gasteiger partial charge in [0.1, 0.15) is 5.60 Å². The molecule has 1 fully saturated rings. The molecule has 1 aliphatic rings. The Balaban J connectivity index is 2.06. The van der Waals surface area contributed by atoms with Gasteiger partial charge in [-0.15, -0.1) is 0 Å². The molecule has 0 spiro atoms. The van der Waals surface area contributed by atoms with E-state index in [-0.39, 0.29) is 6.09 Å². The van der Waals surface area contributed by atoms with Gasteiger partial charge in [0.2, 0.25) is 0 Å². The van der Waals surface area contributed by atoms with Crippen LogP contribution in [0.15, 0.2) is 12.1 Å². The van der Waals surface area contributed by atoms with Gasteiger partial charge in [0.05, 0.1) is 10.0 Å². The number of amides is 1. The number of hydrogen-bond acceptors (Lipinski definition) is 4. The Bertz CT molecular complexity index is 606. The van der Waals surface area contributed by atoms with Crippen LogP contribution >= 0.6 is 23.2 Å². The third-order valence-electron chi connectivity index (χ3n) is 3.47. The summed E-state index contributed by atoms with van der Waals surface area (Å²) in [6, 6.07) is 3.25. The van der Waals surface area contributed by atoms with Crippen LogP contribution in [-0.4, -0.2) is 49.1 Å². The predicted octanol–water partition coefficient (Wildman–Crippen LogP) is 3.86. The van der Waals surface area contributed by atoms with E-state index < -0.39 is 5.60 Å². The third-order valence-corrected chi connectivity index (χ3v) is 4.19. The van der Waals surface area contributed by atoms with E-state index in [1.807, 2.05) is 25.7 Å². The van der Waals surface area contributed by atoms with Crippen LogP contribution in [-0.2, 0) is 4.74 Å². The number of ether oxygens (including phenoxy) is 1. The van der Waals surface area contributed by atoms with Crippen molar-refractivity contribution in [2.45, 2.75) is 26.4 Å². The molecule has 23 heavy (non-hydrogen) atoms. The highest BCUT2D eigenvalue weighted by Crippen LogP contribution is 2.31. The van der Waals surface area contributed by atoms with Crippen LogP contribution in [0.25, 0.3) is 0 Å². The standard InChI is InChI=1S/C16H20Cl2N2O3/c1-16(2,3)23-15(22)20-6-4-19(5-7-20)14-9-13(18)12(17)8-11(14)10-21/h8-10H,4-7H2,1-3H3. The van der Waals surface area contributed by atoms with Crippen molar-refractivity contribution >= 4 is 41.3 Å². The van der Waals surface area contributed by atoms with Gasteiger partial charge in [-0.2, -0.15) is 0 Å². The maximum absolute atomic E-state index is 12.1. The molecule has 1 aliphatic heterocycles. The van der Waals surface area contributed by atoms with Gasteiger partial charge in [0.15, 0.2) is 6.29 Å². The van der Waals surface area contributed by atoms with Crippen molar-refractivity contribution < 1.29 is 14.3 Å². The van der Waals surface area contributed by atoms with Crippen molar-refractivity contribution in [3.63, 3.8) is 0 Å². The molecule has 1 saturated heterocycles. The topological polar surface area (TPSA) is 49.9 Å². The van der Waals surface area contributed by atoms with Crippen molar-refractivity contribution in [1.29, 1.82) is 0 Å². The lowest BCUT2D eigenvalue weighted by Crippen LogP contribution is -2.50. The molecular formula is C16H20Cl2N2O3. The van der Waals surface area contributed by atoms with E-state index in [2.05, 4.69) is 0 Å². The van der Waals surface area contributed by atoms with Gasteiger partial charge in [-0.1, -0.05) is 23.2 Å². The molecule has 0 atom stereocenters. The summed E-state index contributed by atoms with van der Waals surface area (Å²) in [7, 11) is 0. The second kappa shape index (κ2) is 6.97. The number of benzene rings is 1. The van der Waals surface area contributed by atoms with Crippen molar-refractivity contribution in [2.24, 2.45) is 0 Å². The SMILES string of the molecule is CC(C)(C)OC(=O)N1CCN(c2cc(Cl)c(Cl)cc2C=O)CC1. The van der Waals surface area contributed by atoms with E-state index >= 15 is 0 Å². The predicted molar refractivity (Wildman–Crippen MR) is 91.9 cm³/mol. The highest BCUT2D eigenvalue weighted by Gasteiger charge is 2.26. The van der Waals surface area contributed by atoms with Crippen LogP contribution in [0.2, 0.25) is 10.0 Å². The maximum Gasteiger partial charge on any atom is 0.410 e. The normalized spacial score (nSPS) is 15.5. The fraction of sp³-hybridized carbons (Fsp3) is 0.500. The van der Waals surface area contributed by atoms with Crippen molar-refractivity contribution in [3.8, 4) is 0 Å². The molecule has 1 aromatic carbocycles. The zero-order valence-electron chi connectivity index (χ0n) is 13.4. The smallest absolute Gasteiger partial charge is 0.410 e. The molecule has 0 aromatic heterocycles. The molecule has 0 bridgehead atoms. The molecule has 1 heterocycles. The second-order valence-corrected chi connectivity index (χ2v) is 7.21. The van der Waals surface area contributed by atoms with Crippen LogP contribution < -0.4 is 4.90 Å². The summed E-state index contributed by atoms with van der Waals surface area (Å²) in [6.45, 7) is 7.75. The average molecular weight is 359 g/mol. The second-order valence-electron chi connectivity index (χ2n) is 6.40. The molecule has 0 aliphatic carbocycles. The van der Waals surface area contributed by atoms with Gasteiger partial charge < -0.3 is 14.5 Å². The molecular weight excluding hydrogens is 339 g/mol. The van der Waals surface area contributed by atoms with E-state index in [1.165, 1.54) is 0 Å². The van der Waals surface area contributed by atoms with Gasteiger partial charge in [-0.25, -0.2) is 4.79 Å². The molecule has 1 amide bonds. The van der Waals surface area contributed by atoms with Gasteiger partial charge in [-0.05, 0) is 32.9 Å². The van der Waals surface area contributed by atoms with Crippen LogP contribution in [0.5, 0.6) is 0 Å². The Kier molecular flexibility index (Phi) is 5.42. The summed E-state index contributed by atoms with van der Waals surface area (Å²) < 4.78 is 5.37. The van der Waals surface area contributed by atoms with E-state index in [0.717, 1.165) is 12.0 Å². The Morgan fingerprint density at radius 3 is 2.22 bits per heavy atom. The molecule has 5 nitrogen and oxygen atoms in total. The van der Waals surface area contributed by atoms with E-state index in [0.29, 0.717) is 41.8 Å². The first-order valence-electron chi connectivity index (χ1n) is 7.38. The van der Waals surface area contributed by atoms with Crippen molar-refractivity contribution in [1.82, 2.24) is 4.90 Å². The summed E-state index contributed by atoms with van der Waals surface area (Å²) >= 11 is 12.0. The minimum Gasteiger partial charge on any atom is -0.444 e. The molecule has 2 rings (SSSR count). The van der Waals surface area contributed by atoms with Gasteiger partial charge >= 0.3 is 6.09 Å². The summed E-state index contributed by atoms with van der Waals surface area (Å²) in [5, 5.41) is 0.756. The first-order chi connectivity index (χ1) is 10.7. The molecule has 1 aromatic rings. The van der Waals surface area contributed by atoms with Gasteiger partial charge in [0.25, 0.3) is 0 Å². The molecule has 126 valence electrons. The zero-order chi connectivity index (χ0) is 17.2. The highest BCUT2D eigenvalue weighted by molar-refractivity contribution is 6.42. The molecule has 0 N–H and O–H groups in total. The Hall–Kier alpha value is -1.46. The first kappa shape index (κ1) is 17.9. The number of hydrogen-bond donors (Lipinski definition) is 0. The Morgan fingerprint density at radius 1 is 1.13 bits per heavy atom. The van der Waals surface area contributed by atoms with E-state index in [9.17, 15) is 9.59 Å². The summed E-state index contributed by atoms with van der Waals surface area (Å²) in [5.41, 5.74) is 0.714. The van der Waals surface area contributed by atoms with Crippen LogP contribution in [0.4, 0.5) is 10.5 Å². The number of carbonyl (C=O) groups is 2. The van der Waals surface area contributed by atoms with Crippen molar-refractivity contribution in [2.75, 3.05) is 31.1 Å². The fourth-order valence-corrected chi connectivity index (χ4v) is 2.71. The lowest BCUT2D eigenvalue weighted by atomic mass is 10.1. The lowest BCUT2D eigenvalue weighted by molar-refractivity contribution is 0.0240. The summed E-state index contributed by atoms with van der Waals surface area (Å²) in [4.78, 5) is 27.0. The fourth-order valence-electron chi connectivity index (χ4n) is 2.38. The highest BCUT2D eigenvalue weighted by atomic mass is 35.5. The third kappa shape index (κ3) is 4.52. The number of rotatable bonds is 2. The average Bonchev–Trinajstić information content (AvgIpc) is 2.48. The summed E-state index contributed by atoms with van der Waals surface area (Å²) in [6.07, 6.45) is 0.444.